The Labute approximate surface area is 204 Å². The summed E-state index contributed by atoms with van der Waals surface area (Å²) < 4.78 is 20.9. The highest BCUT2D eigenvalue weighted by molar-refractivity contribution is 7.40. The molecule has 0 amide bonds. The fraction of sp³-hybridized carbons (Fsp3) is 0.960. The van der Waals surface area contributed by atoms with Crippen LogP contribution in [0.5, 0.6) is 0 Å². The Bertz CT molecular complexity index is 428. The quantitative estimate of drug-likeness (QED) is 0.0864. The van der Waals surface area contributed by atoms with Gasteiger partial charge in [0.1, 0.15) is 6.10 Å². The molecule has 0 fully saturated rings. The number of nitrogens with zero attached hydrogens (tertiary/aromatic N) is 1. The van der Waals surface area contributed by atoms with Crippen LogP contribution in [-0.2, 0) is 18.5 Å². The van der Waals surface area contributed by atoms with Crippen molar-refractivity contribution in [2.45, 2.75) is 116 Å². The van der Waals surface area contributed by atoms with Crippen LogP contribution in [0.3, 0.4) is 0 Å². The lowest BCUT2D eigenvalue weighted by Crippen LogP contribution is -2.24. The van der Waals surface area contributed by atoms with Gasteiger partial charge in [0.05, 0.1) is 19.8 Å². The lowest BCUT2D eigenvalue weighted by Gasteiger charge is -2.19. The van der Waals surface area contributed by atoms with Crippen LogP contribution in [0.15, 0.2) is 0 Å². The molecule has 0 aliphatic carbocycles. The fourth-order valence-corrected chi connectivity index (χ4v) is 4.12. The standard InChI is InChI=1S/C25H52NO6P/c1-5-7-8-9-10-11-12-13-14-15-16-17-18-19-20-24(32-25(27)29-6-2)23-31-33(28)30-22-21-26(3)4/h24,28H,5-23H2,1-4H3. The van der Waals surface area contributed by atoms with Gasteiger partial charge < -0.3 is 28.3 Å². The molecular formula is C25H52NO6P. The molecule has 0 saturated heterocycles. The van der Waals surface area contributed by atoms with Gasteiger partial charge in [-0.3, -0.25) is 0 Å². The average molecular weight is 494 g/mol. The lowest BCUT2D eigenvalue weighted by molar-refractivity contribution is 0.00232. The molecule has 0 aliphatic heterocycles. The molecule has 8 heteroatoms. The van der Waals surface area contributed by atoms with Crippen LogP contribution in [0.1, 0.15) is 110 Å². The molecule has 0 aromatic heterocycles. The zero-order valence-electron chi connectivity index (χ0n) is 21.9. The second-order valence-electron chi connectivity index (χ2n) is 8.98. The summed E-state index contributed by atoms with van der Waals surface area (Å²) in [5.41, 5.74) is 0. The number of hydrogen-bond acceptors (Lipinski definition) is 7. The van der Waals surface area contributed by atoms with Gasteiger partial charge in [-0.05, 0) is 33.9 Å². The zero-order chi connectivity index (χ0) is 24.6. The molecule has 0 heterocycles. The molecule has 0 bridgehead atoms. The summed E-state index contributed by atoms with van der Waals surface area (Å²) in [7, 11) is 1.90. The van der Waals surface area contributed by atoms with E-state index in [0.29, 0.717) is 19.6 Å². The Morgan fingerprint density at radius 2 is 1.33 bits per heavy atom. The van der Waals surface area contributed by atoms with E-state index in [1.165, 1.54) is 77.0 Å². The second kappa shape index (κ2) is 24.7. The number of rotatable bonds is 24. The van der Waals surface area contributed by atoms with E-state index in [9.17, 15) is 9.69 Å². The molecule has 0 rings (SSSR count). The fourth-order valence-electron chi connectivity index (χ4n) is 3.52. The van der Waals surface area contributed by atoms with Crippen LogP contribution in [0.4, 0.5) is 4.79 Å². The first kappa shape index (κ1) is 32.5. The second-order valence-corrected chi connectivity index (χ2v) is 9.97. The summed E-state index contributed by atoms with van der Waals surface area (Å²) in [5, 5.41) is 0. The van der Waals surface area contributed by atoms with E-state index >= 15 is 0 Å². The van der Waals surface area contributed by atoms with Crippen LogP contribution in [0.25, 0.3) is 0 Å². The van der Waals surface area contributed by atoms with Crippen LogP contribution in [-0.4, -0.2) is 62.5 Å². The summed E-state index contributed by atoms with van der Waals surface area (Å²) >= 11 is 0. The molecule has 0 spiro atoms. The molecule has 2 atom stereocenters. The van der Waals surface area contributed by atoms with Crippen molar-refractivity contribution in [1.29, 1.82) is 0 Å². The number of ether oxygens (including phenoxy) is 2. The minimum atomic E-state index is -1.97. The SMILES string of the molecule is CCCCCCCCCCCCCCCCC(COP(O)OCCN(C)C)OC(=O)OCC. The first-order chi connectivity index (χ1) is 16.0. The van der Waals surface area contributed by atoms with Crippen molar-refractivity contribution in [3.05, 3.63) is 0 Å². The van der Waals surface area contributed by atoms with Gasteiger partial charge in [-0.25, -0.2) is 4.79 Å². The van der Waals surface area contributed by atoms with Crippen LogP contribution >= 0.6 is 8.60 Å². The van der Waals surface area contributed by atoms with Gasteiger partial charge >= 0.3 is 14.8 Å². The maximum Gasteiger partial charge on any atom is 0.508 e. The molecular weight excluding hydrogens is 441 g/mol. The highest BCUT2D eigenvalue weighted by Crippen LogP contribution is 2.33. The van der Waals surface area contributed by atoms with E-state index in [1.54, 1.807) is 6.92 Å². The van der Waals surface area contributed by atoms with Crippen molar-refractivity contribution < 1.29 is 28.2 Å². The van der Waals surface area contributed by atoms with E-state index in [-0.39, 0.29) is 13.2 Å². The third-order valence-corrected chi connectivity index (χ3v) is 6.29. The maximum atomic E-state index is 11.7. The molecule has 0 radical (unpaired) electrons. The molecule has 0 saturated carbocycles. The predicted molar refractivity (Wildman–Crippen MR) is 136 cm³/mol. The topological polar surface area (TPSA) is 77.5 Å². The van der Waals surface area contributed by atoms with Crippen molar-refractivity contribution in [2.24, 2.45) is 0 Å². The van der Waals surface area contributed by atoms with Gasteiger partial charge in [-0.15, -0.1) is 0 Å². The summed E-state index contributed by atoms with van der Waals surface area (Å²) in [5.74, 6) is 0. The highest BCUT2D eigenvalue weighted by Gasteiger charge is 2.18. The van der Waals surface area contributed by atoms with E-state index < -0.39 is 20.9 Å². The normalized spacial score (nSPS) is 13.3. The molecule has 198 valence electrons. The summed E-state index contributed by atoms with van der Waals surface area (Å²) in [6.07, 6.45) is 17.8. The van der Waals surface area contributed by atoms with Crippen molar-refractivity contribution in [2.75, 3.05) is 40.5 Å². The van der Waals surface area contributed by atoms with Crippen LogP contribution in [0, 0.1) is 0 Å². The molecule has 0 aromatic rings. The van der Waals surface area contributed by atoms with Crippen molar-refractivity contribution in [1.82, 2.24) is 4.90 Å². The van der Waals surface area contributed by atoms with Gasteiger partial charge in [-0.1, -0.05) is 90.4 Å². The molecule has 2 unspecified atom stereocenters. The summed E-state index contributed by atoms with van der Waals surface area (Å²) in [4.78, 5) is 23.5. The summed E-state index contributed by atoms with van der Waals surface area (Å²) in [6.45, 7) is 5.47. The molecule has 7 nitrogen and oxygen atoms in total. The average Bonchev–Trinajstić information content (AvgIpc) is 2.77. The first-order valence-corrected chi connectivity index (χ1v) is 14.4. The van der Waals surface area contributed by atoms with Gasteiger partial charge in [0.15, 0.2) is 0 Å². The Morgan fingerprint density at radius 3 is 1.82 bits per heavy atom. The number of likely N-dealkylation sites (N-methyl/N-ethyl adjacent to an activating group) is 1. The van der Waals surface area contributed by atoms with Gasteiger partial charge in [-0.2, -0.15) is 0 Å². The Balaban J connectivity index is 3.83. The smallest absolute Gasteiger partial charge is 0.435 e. The van der Waals surface area contributed by atoms with E-state index in [2.05, 4.69) is 6.92 Å². The van der Waals surface area contributed by atoms with E-state index in [1.807, 2.05) is 19.0 Å². The van der Waals surface area contributed by atoms with Crippen LogP contribution in [0.2, 0.25) is 0 Å². The number of hydrogen-bond donors (Lipinski definition) is 1. The number of carbonyl (C=O) groups excluding carboxylic acids is 1. The highest BCUT2D eigenvalue weighted by atomic mass is 31.2. The Kier molecular flexibility index (Phi) is 24.3. The van der Waals surface area contributed by atoms with E-state index in [4.69, 9.17) is 18.5 Å². The number of carbonyl (C=O) groups is 1. The third kappa shape index (κ3) is 24.5. The van der Waals surface area contributed by atoms with Gasteiger partial charge in [0, 0.05) is 6.54 Å². The number of unbranched alkanes of at least 4 members (excludes halogenated alkanes) is 13. The van der Waals surface area contributed by atoms with E-state index in [0.717, 1.165) is 12.8 Å². The van der Waals surface area contributed by atoms with Crippen LogP contribution < -0.4 is 0 Å². The molecule has 0 aliphatic rings. The van der Waals surface area contributed by atoms with Gasteiger partial charge in [0.2, 0.25) is 0 Å². The monoisotopic (exact) mass is 493 g/mol. The first-order valence-electron chi connectivity index (χ1n) is 13.2. The molecule has 33 heavy (non-hydrogen) atoms. The van der Waals surface area contributed by atoms with Crippen molar-refractivity contribution in [3.8, 4) is 0 Å². The third-order valence-electron chi connectivity index (χ3n) is 5.52. The molecule has 1 N–H and O–H groups in total. The van der Waals surface area contributed by atoms with Crippen molar-refractivity contribution >= 4 is 14.8 Å². The minimum Gasteiger partial charge on any atom is -0.435 e. The largest absolute Gasteiger partial charge is 0.508 e. The predicted octanol–water partition coefficient (Wildman–Crippen LogP) is 7.21. The minimum absolute atomic E-state index is 0.113. The Morgan fingerprint density at radius 1 is 0.818 bits per heavy atom. The molecule has 0 aromatic carbocycles. The Hall–Kier alpha value is -0.460. The lowest BCUT2D eigenvalue weighted by atomic mass is 10.0. The maximum absolute atomic E-state index is 11.7. The van der Waals surface area contributed by atoms with Gasteiger partial charge in [0.25, 0.3) is 0 Å². The van der Waals surface area contributed by atoms with Crippen molar-refractivity contribution in [3.63, 3.8) is 0 Å². The summed E-state index contributed by atoms with van der Waals surface area (Å²) in [6, 6.07) is 0. The zero-order valence-corrected chi connectivity index (χ0v) is 22.8.